The van der Waals surface area contributed by atoms with E-state index in [0.29, 0.717) is 0 Å². The van der Waals surface area contributed by atoms with Crippen LogP contribution in [-0.4, -0.2) is 34.5 Å². The predicted molar refractivity (Wildman–Crippen MR) is 49.7 cm³/mol. The van der Waals surface area contributed by atoms with Gasteiger partial charge >= 0.3 is 6.09 Å². The zero-order valence-corrected chi connectivity index (χ0v) is 8.57. The molecule has 76 valence electrons. The Morgan fingerprint density at radius 3 is 2.23 bits per heavy atom. The minimum atomic E-state index is -0.985. The number of carbonyl (C=O) groups excluding carboxylic acids is 1. The van der Waals surface area contributed by atoms with Gasteiger partial charge in [0.05, 0.1) is 0 Å². The van der Waals surface area contributed by atoms with E-state index >= 15 is 0 Å². The SMILES string of the molecule is CC(C=O)CN(C(=O)O)C(C)(C)C. The van der Waals surface area contributed by atoms with Crippen molar-refractivity contribution in [2.24, 2.45) is 5.92 Å². The van der Waals surface area contributed by atoms with Crippen LogP contribution in [0.15, 0.2) is 0 Å². The smallest absolute Gasteiger partial charge is 0.407 e. The third-order valence-electron chi connectivity index (χ3n) is 1.74. The second-order valence-corrected chi connectivity index (χ2v) is 4.18. The first-order valence-electron chi connectivity index (χ1n) is 4.25. The lowest BCUT2D eigenvalue weighted by atomic mass is 10.0. The number of hydrogen-bond acceptors (Lipinski definition) is 2. The van der Waals surface area contributed by atoms with Crippen molar-refractivity contribution in [3.8, 4) is 0 Å². The average Bonchev–Trinajstić information content (AvgIpc) is 1.96. The number of amides is 1. The molecule has 0 rings (SSSR count). The van der Waals surface area contributed by atoms with Crippen LogP contribution < -0.4 is 0 Å². The number of hydrogen-bond donors (Lipinski definition) is 1. The van der Waals surface area contributed by atoms with Gasteiger partial charge in [-0.25, -0.2) is 4.79 Å². The van der Waals surface area contributed by atoms with Crippen LogP contribution in [0.5, 0.6) is 0 Å². The van der Waals surface area contributed by atoms with Gasteiger partial charge in [0.15, 0.2) is 0 Å². The lowest BCUT2D eigenvalue weighted by molar-refractivity contribution is -0.111. The second kappa shape index (κ2) is 4.25. The van der Waals surface area contributed by atoms with Crippen LogP contribution in [0.2, 0.25) is 0 Å². The van der Waals surface area contributed by atoms with Crippen LogP contribution in [0.1, 0.15) is 27.7 Å². The first kappa shape index (κ1) is 11.9. The van der Waals surface area contributed by atoms with Crippen LogP contribution in [0.25, 0.3) is 0 Å². The van der Waals surface area contributed by atoms with E-state index in [1.165, 1.54) is 4.90 Å². The van der Waals surface area contributed by atoms with Crippen molar-refractivity contribution in [3.63, 3.8) is 0 Å². The van der Waals surface area contributed by atoms with E-state index in [1.54, 1.807) is 27.7 Å². The van der Waals surface area contributed by atoms with Crippen molar-refractivity contribution < 1.29 is 14.7 Å². The summed E-state index contributed by atoms with van der Waals surface area (Å²) in [6, 6.07) is 0. The summed E-state index contributed by atoms with van der Waals surface area (Å²) in [5.74, 6) is -0.254. The summed E-state index contributed by atoms with van der Waals surface area (Å²) in [5, 5.41) is 8.86. The summed E-state index contributed by atoms with van der Waals surface area (Å²) in [6.07, 6.45) is -0.219. The van der Waals surface area contributed by atoms with Crippen molar-refractivity contribution >= 4 is 12.4 Å². The number of carboxylic acid groups (broad SMARTS) is 1. The molecule has 4 nitrogen and oxygen atoms in total. The van der Waals surface area contributed by atoms with Gasteiger partial charge in [-0.15, -0.1) is 0 Å². The van der Waals surface area contributed by atoms with E-state index in [9.17, 15) is 9.59 Å². The van der Waals surface area contributed by atoms with E-state index in [-0.39, 0.29) is 12.5 Å². The quantitative estimate of drug-likeness (QED) is 0.683. The average molecular weight is 187 g/mol. The summed E-state index contributed by atoms with van der Waals surface area (Å²) in [4.78, 5) is 22.4. The molecule has 0 saturated carbocycles. The van der Waals surface area contributed by atoms with Gasteiger partial charge in [-0.1, -0.05) is 6.92 Å². The zero-order valence-electron chi connectivity index (χ0n) is 8.57. The van der Waals surface area contributed by atoms with Gasteiger partial charge in [0.2, 0.25) is 0 Å². The summed E-state index contributed by atoms with van der Waals surface area (Å²) in [7, 11) is 0. The first-order valence-corrected chi connectivity index (χ1v) is 4.25. The molecule has 0 fully saturated rings. The highest BCUT2D eigenvalue weighted by Gasteiger charge is 2.27. The Morgan fingerprint density at radius 2 is 2.00 bits per heavy atom. The van der Waals surface area contributed by atoms with Crippen LogP contribution in [0.3, 0.4) is 0 Å². The van der Waals surface area contributed by atoms with Crippen LogP contribution >= 0.6 is 0 Å². The highest BCUT2D eigenvalue weighted by Crippen LogP contribution is 2.14. The van der Waals surface area contributed by atoms with Gasteiger partial charge < -0.3 is 14.8 Å². The highest BCUT2D eigenvalue weighted by atomic mass is 16.4. The Hall–Kier alpha value is -1.06. The largest absolute Gasteiger partial charge is 0.465 e. The Balaban J connectivity index is 4.45. The Bertz CT molecular complexity index is 196. The van der Waals surface area contributed by atoms with E-state index in [4.69, 9.17) is 5.11 Å². The van der Waals surface area contributed by atoms with Crippen molar-refractivity contribution in [3.05, 3.63) is 0 Å². The van der Waals surface area contributed by atoms with E-state index in [1.807, 2.05) is 0 Å². The zero-order chi connectivity index (χ0) is 10.6. The normalized spacial score (nSPS) is 13.5. The molecule has 0 heterocycles. The summed E-state index contributed by atoms with van der Waals surface area (Å²) in [5.41, 5.74) is -0.455. The lowest BCUT2D eigenvalue weighted by Crippen LogP contribution is -2.47. The van der Waals surface area contributed by atoms with Gasteiger partial charge in [-0.2, -0.15) is 0 Å². The molecule has 0 aliphatic heterocycles. The Morgan fingerprint density at radius 1 is 1.54 bits per heavy atom. The van der Waals surface area contributed by atoms with Crippen molar-refractivity contribution in [1.29, 1.82) is 0 Å². The standard InChI is InChI=1S/C9H17NO3/c1-7(6-11)5-10(8(12)13)9(2,3)4/h6-7H,5H2,1-4H3,(H,12,13). The summed E-state index contributed by atoms with van der Waals surface area (Å²) < 4.78 is 0. The van der Waals surface area contributed by atoms with E-state index in [0.717, 1.165) is 6.29 Å². The van der Waals surface area contributed by atoms with Crippen LogP contribution in [-0.2, 0) is 4.79 Å². The molecule has 0 bridgehead atoms. The van der Waals surface area contributed by atoms with E-state index < -0.39 is 11.6 Å². The fraction of sp³-hybridized carbons (Fsp3) is 0.778. The number of nitrogens with zero attached hydrogens (tertiary/aromatic N) is 1. The summed E-state index contributed by atoms with van der Waals surface area (Å²) in [6.45, 7) is 7.37. The molecule has 0 saturated heterocycles. The first-order chi connectivity index (χ1) is 5.79. The fourth-order valence-corrected chi connectivity index (χ4v) is 0.970. The molecule has 1 N–H and O–H groups in total. The minimum Gasteiger partial charge on any atom is -0.465 e. The molecule has 0 aromatic heterocycles. The van der Waals surface area contributed by atoms with Gasteiger partial charge in [0.25, 0.3) is 0 Å². The van der Waals surface area contributed by atoms with Crippen LogP contribution in [0, 0.1) is 5.92 Å². The monoisotopic (exact) mass is 187 g/mol. The third-order valence-corrected chi connectivity index (χ3v) is 1.74. The predicted octanol–water partition coefficient (Wildman–Crippen LogP) is 1.60. The molecule has 0 aromatic carbocycles. The maximum atomic E-state index is 10.8. The minimum absolute atomic E-state index is 0.252. The molecular weight excluding hydrogens is 170 g/mol. The van der Waals surface area contributed by atoms with Crippen molar-refractivity contribution in [2.45, 2.75) is 33.2 Å². The number of aldehydes is 1. The molecule has 1 amide bonds. The maximum Gasteiger partial charge on any atom is 0.407 e. The molecule has 0 aromatic rings. The third kappa shape index (κ3) is 3.92. The number of rotatable bonds is 3. The maximum absolute atomic E-state index is 10.8. The van der Waals surface area contributed by atoms with Gasteiger partial charge in [-0.3, -0.25) is 0 Å². The molecule has 1 unspecified atom stereocenters. The molecule has 0 radical (unpaired) electrons. The number of carbonyl (C=O) groups is 2. The Labute approximate surface area is 78.5 Å². The molecular formula is C9H17NO3. The van der Waals surface area contributed by atoms with Gasteiger partial charge in [0.1, 0.15) is 6.29 Å². The summed E-state index contributed by atoms with van der Waals surface area (Å²) >= 11 is 0. The molecule has 4 heteroatoms. The fourth-order valence-electron chi connectivity index (χ4n) is 0.970. The van der Waals surface area contributed by atoms with E-state index in [2.05, 4.69) is 0 Å². The topological polar surface area (TPSA) is 57.6 Å². The molecule has 0 spiro atoms. The Kier molecular flexibility index (Phi) is 3.91. The molecule has 0 aliphatic carbocycles. The van der Waals surface area contributed by atoms with Crippen LogP contribution in [0.4, 0.5) is 4.79 Å². The van der Waals surface area contributed by atoms with Gasteiger partial charge in [0, 0.05) is 18.0 Å². The molecule has 13 heavy (non-hydrogen) atoms. The second-order valence-electron chi connectivity index (χ2n) is 4.18. The van der Waals surface area contributed by atoms with Gasteiger partial charge in [-0.05, 0) is 20.8 Å². The van der Waals surface area contributed by atoms with Crippen molar-refractivity contribution in [2.75, 3.05) is 6.54 Å². The molecule has 0 aliphatic rings. The lowest BCUT2D eigenvalue weighted by Gasteiger charge is -2.34. The molecule has 1 atom stereocenters. The highest BCUT2D eigenvalue weighted by molar-refractivity contribution is 5.67. The van der Waals surface area contributed by atoms with Crippen molar-refractivity contribution in [1.82, 2.24) is 4.90 Å².